The summed E-state index contributed by atoms with van der Waals surface area (Å²) >= 11 is 0. The third kappa shape index (κ3) is 24.8. The molecule has 0 atom stereocenters. The van der Waals surface area contributed by atoms with Crippen LogP contribution in [-0.2, 0) is 18.9 Å². The molecule has 0 radical (unpaired) electrons. The molecule has 0 saturated heterocycles. The van der Waals surface area contributed by atoms with E-state index in [1.165, 1.54) is 0 Å². The van der Waals surface area contributed by atoms with Gasteiger partial charge in [-0.15, -0.1) is 0 Å². The van der Waals surface area contributed by atoms with Gasteiger partial charge in [-0.1, -0.05) is 0 Å². The molecule has 0 unspecified atom stereocenters. The van der Waals surface area contributed by atoms with Crippen LogP contribution in [0.4, 0.5) is 0 Å². The second kappa shape index (κ2) is 22.0. The molecule has 0 aromatic heterocycles. The number of ether oxygens (including phenoxy) is 4. The summed E-state index contributed by atoms with van der Waals surface area (Å²) in [5, 5.41) is 16.5. The van der Waals surface area contributed by atoms with Gasteiger partial charge in [0.1, 0.15) is 0 Å². The van der Waals surface area contributed by atoms with Crippen LogP contribution < -0.4 is 0 Å². The maximum Gasteiger partial charge on any atom is 0.0701 e. The minimum atomic E-state index is 0.0417. The van der Waals surface area contributed by atoms with Crippen LogP contribution in [0, 0.1) is 0 Å². The summed E-state index contributed by atoms with van der Waals surface area (Å²) in [5.41, 5.74) is 0. The lowest BCUT2D eigenvalue weighted by molar-refractivity contribution is 0.0222. The summed E-state index contributed by atoms with van der Waals surface area (Å²) in [6, 6.07) is 0. The highest BCUT2D eigenvalue weighted by Gasteiger charge is 1.86. The molecule has 0 aliphatic rings. The Morgan fingerprint density at radius 2 is 0.889 bits per heavy atom. The Morgan fingerprint density at radius 3 is 1.17 bits per heavy atom. The van der Waals surface area contributed by atoms with Crippen molar-refractivity contribution in [2.75, 3.05) is 66.1 Å². The molecule has 18 heavy (non-hydrogen) atoms. The average Bonchev–Trinajstić information content (AvgIpc) is 2.40. The molecular weight excluding hydrogens is 240 g/mol. The van der Waals surface area contributed by atoms with Gasteiger partial charge < -0.3 is 29.2 Å². The lowest BCUT2D eigenvalue weighted by Gasteiger charge is -2.01. The lowest BCUT2D eigenvalue weighted by atomic mass is 10.7. The molecular formula is C12H28O6. The van der Waals surface area contributed by atoms with E-state index in [2.05, 4.69) is 0 Å². The van der Waals surface area contributed by atoms with Gasteiger partial charge in [-0.25, -0.2) is 0 Å². The molecule has 0 spiro atoms. The minimum Gasteiger partial charge on any atom is -0.394 e. The Morgan fingerprint density at radius 1 is 0.556 bits per heavy atom. The third-order valence-corrected chi connectivity index (χ3v) is 1.62. The van der Waals surface area contributed by atoms with Crippen molar-refractivity contribution in [2.24, 2.45) is 0 Å². The number of hydrogen-bond donors (Lipinski definition) is 2. The fourth-order valence-corrected chi connectivity index (χ4v) is 0.858. The van der Waals surface area contributed by atoms with E-state index in [1.807, 2.05) is 13.8 Å². The van der Waals surface area contributed by atoms with Crippen molar-refractivity contribution in [3.63, 3.8) is 0 Å². The summed E-state index contributed by atoms with van der Waals surface area (Å²) in [5.74, 6) is 0. The smallest absolute Gasteiger partial charge is 0.0701 e. The Bertz CT molecular complexity index is 109. The van der Waals surface area contributed by atoms with E-state index < -0.39 is 0 Å². The molecule has 0 bridgehead atoms. The standard InChI is InChI=1S/C6H14O4.C6H14O2/c7-1-3-9-5-6-10-4-2-8;1-3-7-5-6-8-4-2/h7-8H,1-6H2;3-6H2,1-2H3. The second-order valence-corrected chi connectivity index (χ2v) is 3.07. The second-order valence-electron chi connectivity index (χ2n) is 3.07. The summed E-state index contributed by atoms with van der Waals surface area (Å²) in [4.78, 5) is 0. The van der Waals surface area contributed by atoms with Gasteiger partial charge in [0, 0.05) is 13.2 Å². The molecule has 0 aromatic carbocycles. The van der Waals surface area contributed by atoms with Gasteiger partial charge in [0.15, 0.2) is 0 Å². The van der Waals surface area contributed by atoms with Crippen molar-refractivity contribution in [3.8, 4) is 0 Å². The fourth-order valence-electron chi connectivity index (χ4n) is 0.858. The summed E-state index contributed by atoms with van der Waals surface area (Å²) in [6.07, 6.45) is 0. The predicted molar refractivity (Wildman–Crippen MR) is 68.8 cm³/mol. The summed E-state index contributed by atoms with van der Waals surface area (Å²) in [6.45, 7) is 8.71. The van der Waals surface area contributed by atoms with Crippen LogP contribution in [0.1, 0.15) is 13.8 Å². The molecule has 0 rings (SSSR count). The molecule has 112 valence electrons. The van der Waals surface area contributed by atoms with Crippen LogP contribution in [0.2, 0.25) is 0 Å². The van der Waals surface area contributed by atoms with E-state index in [9.17, 15) is 0 Å². The molecule has 2 N–H and O–H groups in total. The Hall–Kier alpha value is -0.240. The monoisotopic (exact) mass is 268 g/mol. The maximum atomic E-state index is 8.26. The molecule has 0 heterocycles. The van der Waals surface area contributed by atoms with Gasteiger partial charge in [-0.3, -0.25) is 0 Å². The van der Waals surface area contributed by atoms with Crippen molar-refractivity contribution < 1.29 is 29.2 Å². The van der Waals surface area contributed by atoms with Crippen LogP contribution in [0.5, 0.6) is 0 Å². The SMILES string of the molecule is CCOCCOCC.OCCOCCOCCO. The first kappa shape index (κ1) is 20.1. The molecule has 0 aliphatic carbocycles. The molecule has 0 amide bonds. The molecule has 0 aliphatic heterocycles. The van der Waals surface area contributed by atoms with Crippen LogP contribution in [-0.4, -0.2) is 76.3 Å². The number of aliphatic hydroxyl groups excluding tert-OH is 2. The lowest BCUT2D eigenvalue weighted by Crippen LogP contribution is -2.09. The van der Waals surface area contributed by atoms with Gasteiger partial charge in [-0.2, -0.15) is 0 Å². The van der Waals surface area contributed by atoms with E-state index in [-0.39, 0.29) is 13.2 Å². The Kier molecular flexibility index (Phi) is 24.5. The average molecular weight is 268 g/mol. The highest BCUT2D eigenvalue weighted by atomic mass is 16.5. The number of aliphatic hydroxyl groups is 2. The highest BCUT2D eigenvalue weighted by molar-refractivity contribution is 4.30. The van der Waals surface area contributed by atoms with Gasteiger partial charge in [-0.05, 0) is 13.8 Å². The normalized spacial score (nSPS) is 10.0. The van der Waals surface area contributed by atoms with Crippen molar-refractivity contribution >= 4 is 0 Å². The third-order valence-electron chi connectivity index (χ3n) is 1.62. The van der Waals surface area contributed by atoms with Gasteiger partial charge in [0.2, 0.25) is 0 Å². The van der Waals surface area contributed by atoms with Crippen LogP contribution in [0.15, 0.2) is 0 Å². The zero-order chi connectivity index (χ0) is 13.9. The van der Waals surface area contributed by atoms with Crippen molar-refractivity contribution in [2.45, 2.75) is 13.8 Å². The first-order chi connectivity index (χ1) is 8.83. The van der Waals surface area contributed by atoms with Gasteiger partial charge >= 0.3 is 0 Å². The molecule has 0 saturated carbocycles. The highest BCUT2D eigenvalue weighted by Crippen LogP contribution is 1.77. The van der Waals surface area contributed by atoms with Crippen LogP contribution in [0.25, 0.3) is 0 Å². The van der Waals surface area contributed by atoms with E-state index in [0.717, 1.165) is 26.4 Å². The quantitative estimate of drug-likeness (QED) is 0.488. The zero-order valence-electron chi connectivity index (χ0n) is 11.6. The number of hydrogen-bond acceptors (Lipinski definition) is 6. The summed E-state index contributed by atoms with van der Waals surface area (Å²) in [7, 11) is 0. The first-order valence-electron chi connectivity index (χ1n) is 6.36. The summed E-state index contributed by atoms with van der Waals surface area (Å²) < 4.78 is 19.8. The first-order valence-corrected chi connectivity index (χ1v) is 6.36. The van der Waals surface area contributed by atoms with E-state index in [0.29, 0.717) is 26.4 Å². The minimum absolute atomic E-state index is 0.0417. The largest absolute Gasteiger partial charge is 0.394 e. The van der Waals surface area contributed by atoms with Crippen LogP contribution in [0.3, 0.4) is 0 Å². The molecule has 0 aromatic rings. The van der Waals surface area contributed by atoms with Gasteiger partial charge in [0.05, 0.1) is 52.9 Å². The molecule has 0 fully saturated rings. The Balaban J connectivity index is 0. The Labute approximate surface area is 110 Å². The van der Waals surface area contributed by atoms with E-state index in [1.54, 1.807) is 0 Å². The molecule has 6 heteroatoms. The predicted octanol–water partition coefficient (Wildman–Crippen LogP) is 0.0636. The molecule has 6 nitrogen and oxygen atoms in total. The fraction of sp³-hybridized carbons (Fsp3) is 1.00. The van der Waals surface area contributed by atoms with Crippen molar-refractivity contribution in [1.29, 1.82) is 0 Å². The maximum absolute atomic E-state index is 8.26. The van der Waals surface area contributed by atoms with Gasteiger partial charge in [0.25, 0.3) is 0 Å². The zero-order valence-corrected chi connectivity index (χ0v) is 11.6. The topological polar surface area (TPSA) is 77.4 Å². The van der Waals surface area contributed by atoms with E-state index >= 15 is 0 Å². The van der Waals surface area contributed by atoms with E-state index in [4.69, 9.17) is 29.2 Å². The van der Waals surface area contributed by atoms with Crippen molar-refractivity contribution in [3.05, 3.63) is 0 Å². The van der Waals surface area contributed by atoms with Crippen molar-refractivity contribution in [1.82, 2.24) is 0 Å². The number of rotatable bonds is 12. The van der Waals surface area contributed by atoms with Crippen LogP contribution >= 0.6 is 0 Å².